The molecule has 2 rings (SSSR count). The average molecular weight is 314 g/mol. The summed E-state index contributed by atoms with van der Waals surface area (Å²) < 4.78 is 14.0. The third-order valence-corrected chi connectivity index (χ3v) is 4.08. The molecule has 6 heteroatoms. The van der Waals surface area contributed by atoms with Crippen LogP contribution in [0.25, 0.3) is 10.6 Å². The van der Waals surface area contributed by atoms with Gasteiger partial charge in [-0.3, -0.25) is 0 Å². The quantitative estimate of drug-likeness (QED) is 0.881. The molecule has 0 saturated heterocycles. The number of benzene rings is 1. The molecular formula is C14H13ClFNO2S. The first kappa shape index (κ1) is 14.9. The lowest BCUT2D eigenvalue weighted by molar-refractivity contribution is 0.0699. The molecule has 106 valence electrons. The van der Waals surface area contributed by atoms with Gasteiger partial charge in [0, 0.05) is 11.0 Å². The first-order chi connectivity index (χ1) is 9.21. The van der Waals surface area contributed by atoms with Gasteiger partial charge in [0.05, 0.1) is 10.7 Å². The van der Waals surface area contributed by atoms with Gasteiger partial charge < -0.3 is 5.11 Å². The van der Waals surface area contributed by atoms with Crippen molar-refractivity contribution in [3.63, 3.8) is 0 Å². The van der Waals surface area contributed by atoms with Crippen LogP contribution in [0, 0.1) is 5.82 Å². The zero-order chi connectivity index (χ0) is 15.1. The Morgan fingerprint density at radius 1 is 1.40 bits per heavy atom. The summed E-state index contributed by atoms with van der Waals surface area (Å²) >= 11 is 6.71. The van der Waals surface area contributed by atoms with Crippen molar-refractivity contribution in [2.24, 2.45) is 0 Å². The van der Waals surface area contributed by atoms with Gasteiger partial charge in [-0.1, -0.05) is 38.4 Å². The number of carboxylic acid groups (broad SMARTS) is 1. The van der Waals surface area contributed by atoms with Crippen molar-refractivity contribution in [2.75, 3.05) is 0 Å². The second kappa shape index (κ2) is 5.14. The Kier molecular flexibility index (Phi) is 3.84. The highest BCUT2D eigenvalue weighted by Gasteiger charge is 2.28. The maximum Gasteiger partial charge on any atom is 0.347 e. The van der Waals surface area contributed by atoms with Crippen LogP contribution in [-0.2, 0) is 5.41 Å². The van der Waals surface area contributed by atoms with Crippen molar-refractivity contribution >= 4 is 28.9 Å². The highest BCUT2D eigenvalue weighted by molar-refractivity contribution is 7.17. The lowest BCUT2D eigenvalue weighted by Crippen LogP contribution is -2.16. The molecule has 0 aliphatic carbocycles. The zero-order valence-electron chi connectivity index (χ0n) is 11.2. The van der Waals surface area contributed by atoms with Gasteiger partial charge in [-0.2, -0.15) is 0 Å². The number of carboxylic acids is 1. The standard InChI is InChI=1S/C14H13ClFNO2S/c1-14(2,3)11-10(13(18)19)20-12(17-11)7-5-4-6-8(15)9(7)16/h4-6H,1-3H3,(H,18,19). The van der Waals surface area contributed by atoms with Crippen LogP contribution in [0.1, 0.15) is 36.1 Å². The Balaban J connectivity index is 2.65. The molecule has 1 aromatic carbocycles. The molecule has 20 heavy (non-hydrogen) atoms. The molecule has 0 aliphatic heterocycles. The minimum absolute atomic E-state index is 0.00752. The molecule has 0 aliphatic rings. The molecule has 0 atom stereocenters. The second-order valence-electron chi connectivity index (χ2n) is 5.35. The normalized spacial score (nSPS) is 11.7. The van der Waals surface area contributed by atoms with E-state index in [2.05, 4.69) is 4.98 Å². The summed E-state index contributed by atoms with van der Waals surface area (Å²) in [7, 11) is 0. The number of carbonyl (C=O) groups is 1. The van der Waals surface area contributed by atoms with Crippen LogP contribution in [0.15, 0.2) is 18.2 Å². The zero-order valence-corrected chi connectivity index (χ0v) is 12.8. The Bertz CT molecular complexity index is 676. The van der Waals surface area contributed by atoms with Crippen molar-refractivity contribution in [2.45, 2.75) is 26.2 Å². The van der Waals surface area contributed by atoms with Crippen LogP contribution in [0.3, 0.4) is 0 Å². The predicted molar refractivity (Wildman–Crippen MR) is 78.2 cm³/mol. The number of hydrogen-bond donors (Lipinski definition) is 1. The minimum atomic E-state index is -1.05. The average Bonchev–Trinajstić information content (AvgIpc) is 2.77. The van der Waals surface area contributed by atoms with Gasteiger partial charge in [-0.15, -0.1) is 11.3 Å². The summed E-state index contributed by atoms with van der Waals surface area (Å²) in [4.78, 5) is 15.8. The number of thiazole rings is 1. The van der Waals surface area contributed by atoms with Crippen molar-refractivity contribution in [3.05, 3.63) is 39.6 Å². The van der Waals surface area contributed by atoms with E-state index in [1.54, 1.807) is 6.07 Å². The molecule has 0 unspecified atom stereocenters. The van der Waals surface area contributed by atoms with E-state index >= 15 is 0 Å². The van der Waals surface area contributed by atoms with E-state index in [-0.39, 0.29) is 15.5 Å². The van der Waals surface area contributed by atoms with Gasteiger partial charge in [0.1, 0.15) is 9.88 Å². The molecule has 0 spiro atoms. The Morgan fingerprint density at radius 3 is 2.55 bits per heavy atom. The fourth-order valence-electron chi connectivity index (χ4n) is 1.76. The van der Waals surface area contributed by atoms with Gasteiger partial charge in [-0.25, -0.2) is 14.2 Å². The summed E-state index contributed by atoms with van der Waals surface area (Å²) in [5.41, 5.74) is 0.238. The topological polar surface area (TPSA) is 50.2 Å². The van der Waals surface area contributed by atoms with Crippen LogP contribution in [0.2, 0.25) is 5.02 Å². The van der Waals surface area contributed by atoms with Crippen LogP contribution in [-0.4, -0.2) is 16.1 Å². The maximum absolute atomic E-state index is 14.0. The van der Waals surface area contributed by atoms with Crippen LogP contribution in [0.4, 0.5) is 4.39 Å². The van der Waals surface area contributed by atoms with Crippen molar-refractivity contribution in [3.8, 4) is 10.6 Å². The Hall–Kier alpha value is -1.46. The molecule has 2 aromatic rings. The first-order valence-electron chi connectivity index (χ1n) is 5.91. The van der Waals surface area contributed by atoms with E-state index < -0.39 is 17.2 Å². The van der Waals surface area contributed by atoms with E-state index in [9.17, 15) is 14.3 Å². The molecule has 0 fully saturated rings. The lowest BCUT2D eigenvalue weighted by Gasteiger charge is -2.16. The number of halogens is 2. The predicted octanol–water partition coefficient (Wildman–Crippen LogP) is 4.60. The summed E-state index contributed by atoms with van der Waals surface area (Å²) in [5, 5.41) is 9.58. The third kappa shape index (κ3) is 2.69. The van der Waals surface area contributed by atoms with E-state index in [0.29, 0.717) is 10.7 Å². The fraction of sp³-hybridized carbons (Fsp3) is 0.286. The van der Waals surface area contributed by atoms with Gasteiger partial charge in [-0.05, 0) is 12.1 Å². The second-order valence-corrected chi connectivity index (χ2v) is 6.76. The van der Waals surface area contributed by atoms with E-state index in [1.165, 1.54) is 12.1 Å². The fourth-order valence-corrected chi connectivity index (χ4v) is 3.07. The van der Waals surface area contributed by atoms with Crippen LogP contribution < -0.4 is 0 Å². The number of aromatic nitrogens is 1. The van der Waals surface area contributed by atoms with Gasteiger partial charge in [0.15, 0.2) is 5.82 Å². The van der Waals surface area contributed by atoms with Gasteiger partial charge in [0.25, 0.3) is 0 Å². The maximum atomic E-state index is 14.0. The molecule has 3 nitrogen and oxygen atoms in total. The highest BCUT2D eigenvalue weighted by Crippen LogP contribution is 2.36. The SMILES string of the molecule is CC(C)(C)c1nc(-c2cccc(Cl)c2F)sc1C(=O)O. The number of nitrogens with zero attached hydrogens (tertiary/aromatic N) is 1. The van der Waals surface area contributed by atoms with Gasteiger partial charge >= 0.3 is 5.97 Å². The largest absolute Gasteiger partial charge is 0.477 e. The van der Waals surface area contributed by atoms with Crippen molar-refractivity contribution in [1.82, 2.24) is 4.98 Å². The van der Waals surface area contributed by atoms with Crippen LogP contribution in [0.5, 0.6) is 0 Å². The first-order valence-corrected chi connectivity index (χ1v) is 7.10. The van der Waals surface area contributed by atoms with Crippen molar-refractivity contribution < 1.29 is 14.3 Å². The molecule has 1 heterocycles. The summed E-state index contributed by atoms with van der Waals surface area (Å²) in [6.07, 6.45) is 0. The third-order valence-electron chi connectivity index (χ3n) is 2.71. The number of rotatable bonds is 2. The van der Waals surface area contributed by atoms with Crippen molar-refractivity contribution in [1.29, 1.82) is 0 Å². The smallest absolute Gasteiger partial charge is 0.347 e. The molecular weight excluding hydrogens is 301 g/mol. The summed E-state index contributed by atoms with van der Waals surface area (Å²) in [5.74, 6) is -1.64. The van der Waals surface area contributed by atoms with E-state index in [1.807, 2.05) is 20.8 Å². The number of aromatic carboxylic acids is 1. The Morgan fingerprint density at radius 2 is 2.05 bits per heavy atom. The molecule has 0 radical (unpaired) electrons. The molecule has 0 amide bonds. The highest BCUT2D eigenvalue weighted by atomic mass is 35.5. The molecule has 0 bridgehead atoms. The lowest BCUT2D eigenvalue weighted by atomic mass is 9.91. The molecule has 0 saturated carbocycles. The van der Waals surface area contributed by atoms with E-state index in [0.717, 1.165) is 11.3 Å². The van der Waals surface area contributed by atoms with Crippen LogP contribution >= 0.6 is 22.9 Å². The van der Waals surface area contributed by atoms with E-state index in [4.69, 9.17) is 11.6 Å². The summed E-state index contributed by atoms with van der Waals surface area (Å²) in [6.45, 7) is 5.60. The number of hydrogen-bond acceptors (Lipinski definition) is 3. The van der Waals surface area contributed by atoms with Gasteiger partial charge in [0.2, 0.25) is 0 Å². The Labute approximate surface area is 125 Å². The monoisotopic (exact) mass is 313 g/mol. The molecule has 1 N–H and O–H groups in total. The molecule has 1 aromatic heterocycles. The summed E-state index contributed by atoms with van der Waals surface area (Å²) in [6, 6.07) is 4.59. The minimum Gasteiger partial charge on any atom is -0.477 e.